The molecule has 4 rings (SSSR count). The zero-order valence-corrected chi connectivity index (χ0v) is 18.8. The van der Waals surface area contributed by atoms with Crippen LogP contribution in [0.15, 0.2) is 72.8 Å². The van der Waals surface area contributed by atoms with Gasteiger partial charge >= 0.3 is 0 Å². The predicted octanol–water partition coefficient (Wildman–Crippen LogP) is 5.07. The minimum atomic E-state index is -0.0794. The number of piperidine rings is 1. The summed E-state index contributed by atoms with van der Waals surface area (Å²) < 4.78 is 0. The molecule has 3 aromatic rings. The Hall–Kier alpha value is -3.14. The summed E-state index contributed by atoms with van der Waals surface area (Å²) in [6, 6.07) is 24.9. The van der Waals surface area contributed by atoms with E-state index in [0.717, 1.165) is 31.2 Å². The zero-order chi connectivity index (χ0) is 22.3. The molecule has 3 aromatic carbocycles. The maximum absolute atomic E-state index is 13.0. The van der Waals surface area contributed by atoms with Crippen LogP contribution in [-0.4, -0.2) is 35.8 Å². The molecule has 0 spiro atoms. The summed E-state index contributed by atoms with van der Waals surface area (Å²) in [6.45, 7) is 3.48. The molecule has 1 heterocycles. The van der Waals surface area contributed by atoms with Crippen LogP contribution in [0.2, 0.25) is 0 Å². The Kier molecular flexibility index (Phi) is 7.21. The Morgan fingerprint density at radius 1 is 0.938 bits per heavy atom. The first kappa shape index (κ1) is 22.1. The Morgan fingerprint density at radius 3 is 2.34 bits per heavy atom. The second kappa shape index (κ2) is 10.4. The van der Waals surface area contributed by atoms with E-state index in [1.54, 1.807) is 0 Å². The summed E-state index contributed by atoms with van der Waals surface area (Å²) in [7, 11) is 0. The van der Waals surface area contributed by atoms with Crippen molar-refractivity contribution < 1.29 is 9.59 Å². The van der Waals surface area contributed by atoms with Gasteiger partial charge < -0.3 is 10.2 Å². The van der Waals surface area contributed by atoms with Crippen molar-refractivity contribution in [1.82, 2.24) is 10.2 Å². The van der Waals surface area contributed by atoms with Gasteiger partial charge in [-0.3, -0.25) is 9.59 Å². The molecule has 0 bridgehead atoms. The zero-order valence-electron chi connectivity index (χ0n) is 18.8. The van der Waals surface area contributed by atoms with Crippen LogP contribution >= 0.6 is 0 Å². The maximum atomic E-state index is 13.0. The van der Waals surface area contributed by atoms with Crippen molar-refractivity contribution in [3.05, 3.63) is 83.9 Å². The van der Waals surface area contributed by atoms with Crippen LogP contribution in [-0.2, 0) is 16.0 Å². The molecule has 1 aliphatic rings. The molecule has 166 valence electrons. The number of carbonyl (C=O) groups excluding carboxylic acids is 2. The molecule has 1 fully saturated rings. The van der Waals surface area contributed by atoms with Crippen LogP contribution < -0.4 is 5.32 Å². The molecule has 0 aliphatic carbocycles. The number of benzene rings is 3. The lowest BCUT2D eigenvalue weighted by atomic mass is 9.93. The van der Waals surface area contributed by atoms with Gasteiger partial charge in [-0.1, -0.05) is 79.7 Å². The van der Waals surface area contributed by atoms with Crippen molar-refractivity contribution >= 4 is 22.6 Å². The van der Waals surface area contributed by atoms with Crippen molar-refractivity contribution in [3.63, 3.8) is 0 Å². The van der Waals surface area contributed by atoms with Gasteiger partial charge in [0.05, 0.1) is 5.92 Å². The summed E-state index contributed by atoms with van der Waals surface area (Å²) in [6.07, 6.45) is 3.66. The van der Waals surface area contributed by atoms with Crippen LogP contribution in [0.4, 0.5) is 0 Å². The van der Waals surface area contributed by atoms with Crippen molar-refractivity contribution in [2.45, 2.75) is 51.0 Å². The van der Waals surface area contributed by atoms with E-state index in [-0.39, 0.29) is 23.8 Å². The third-order valence-electron chi connectivity index (χ3n) is 6.53. The summed E-state index contributed by atoms with van der Waals surface area (Å²) in [5.41, 5.74) is 2.27. The monoisotopic (exact) mass is 428 g/mol. The fraction of sp³-hybridized carbons (Fsp3) is 0.357. The van der Waals surface area contributed by atoms with Crippen LogP contribution in [0.3, 0.4) is 0 Å². The summed E-state index contributed by atoms with van der Waals surface area (Å²) in [5.74, 6) is 0.225. The molecule has 0 saturated carbocycles. The number of aryl methyl sites for hydroxylation is 1. The summed E-state index contributed by atoms with van der Waals surface area (Å²) >= 11 is 0. The molecule has 4 nitrogen and oxygen atoms in total. The van der Waals surface area contributed by atoms with Gasteiger partial charge in [-0.15, -0.1) is 0 Å². The second-order valence-corrected chi connectivity index (χ2v) is 8.72. The number of hydrogen-bond donors (Lipinski definition) is 1. The van der Waals surface area contributed by atoms with Gasteiger partial charge in [0.25, 0.3) is 0 Å². The van der Waals surface area contributed by atoms with Crippen LogP contribution in [0.5, 0.6) is 0 Å². The molecule has 4 heteroatoms. The Bertz CT molecular complexity index is 1060. The second-order valence-electron chi connectivity index (χ2n) is 8.72. The van der Waals surface area contributed by atoms with E-state index in [4.69, 9.17) is 0 Å². The van der Waals surface area contributed by atoms with E-state index in [0.29, 0.717) is 19.5 Å². The average Bonchev–Trinajstić information content (AvgIpc) is 2.84. The van der Waals surface area contributed by atoms with Gasteiger partial charge in [-0.25, -0.2) is 0 Å². The first-order valence-corrected chi connectivity index (χ1v) is 11.7. The molecule has 1 aliphatic heterocycles. The van der Waals surface area contributed by atoms with Gasteiger partial charge in [0, 0.05) is 25.6 Å². The molecular formula is C28H32N2O2. The van der Waals surface area contributed by atoms with E-state index in [2.05, 4.69) is 42.6 Å². The van der Waals surface area contributed by atoms with E-state index in [9.17, 15) is 9.59 Å². The van der Waals surface area contributed by atoms with E-state index in [1.807, 2.05) is 47.4 Å². The third kappa shape index (κ3) is 5.37. The van der Waals surface area contributed by atoms with Gasteiger partial charge in [-0.2, -0.15) is 0 Å². The molecule has 1 N–H and O–H groups in total. The van der Waals surface area contributed by atoms with Gasteiger partial charge in [0.2, 0.25) is 11.8 Å². The number of amides is 2. The number of carbonyl (C=O) groups is 2. The highest BCUT2D eigenvalue weighted by atomic mass is 16.2. The number of likely N-dealkylation sites (tertiary alicyclic amines) is 1. The van der Waals surface area contributed by atoms with Gasteiger partial charge in [0.15, 0.2) is 0 Å². The summed E-state index contributed by atoms with van der Waals surface area (Å²) in [4.78, 5) is 27.5. The SMILES string of the molecule is CCC(C(=O)N1CCC(NC(=O)CCc2ccc3ccccc3c2)CC1)c1ccccc1. The first-order valence-electron chi connectivity index (χ1n) is 11.7. The molecular weight excluding hydrogens is 396 g/mol. The lowest BCUT2D eigenvalue weighted by molar-refractivity contribution is -0.134. The molecule has 0 aromatic heterocycles. The van der Waals surface area contributed by atoms with E-state index >= 15 is 0 Å². The Labute approximate surface area is 190 Å². The maximum Gasteiger partial charge on any atom is 0.230 e. The van der Waals surface area contributed by atoms with Crippen molar-refractivity contribution in [2.24, 2.45) is 0 Å². The highest BCUT2D eigenvalue weighted by Crippen LogP contribution is 2.24. The number of nitrogens with one attached hydrogen (secondary N) is 1. The Balaban J connectivity index is 1.24. The molecule has 1 atom stereocenters. The largest absolute Gasteiger partial charge is 0.353 e. The van der Waals surface area contributed by atoms with Crippen molar-refractivity contribution in [2.75, 3.05) is 13.1 Å². The molecule has 0 radical (unpaired) electrons. The van der Waals surface area contributed by atoms with Crippen LogP contribution in [0.25, 0.3) is 10.8 Å². The number of rotatable bonds is 7. The standard InChI is InChI=1S/C28H32N2O2/c1-2-26(23-9-4-3-5-10-23)28(32)30-18-16-25(17-19-30)29-27(31)15-13-21-12-14-22-8-6-7-11-24(22)20-21/h3-12,14,20,25-26H,2,13,15-19H2,1H3,(H,29,31). The fourth-order valence-electron chi connectivity index (χ4n) is 4.65. The lowest BCUT2D eigenvalue weighted by Crippen LogP contribution is -2.47. The van der Waals surface area contributed by atoms with Gasteiger partial charge in [0.1, 0.15) is 0 Å². The van der Waals surface area contributed by atoms with Crippen molar-refractivity contribution in [3.8, 4) is 0 Å². The predicted molar refractivity (Wildman–Crippen MR) is 129 cm³/mol. The number of hydrogen-bond acceptors (Lipinski definition) is 2. The lowest BCUT2D eigenvalue weighted by Gasteiger charge is -2.34. The van der Waals surface area contributed by atoms with Crippen LogP contribution in [0, 0.1) is 0 Å². The number of fused-ring (bicyclic) bond motifs is 1. The quantitative estimate of drug-likeness (QED) is 0.571. The minimum Gasteiger partial charge on any atom is -0.353 e. The van der Waals surface area contributed by atoms with Gasteiger partial charge in [-0.05, 0) is 47.6 Å². The molecule has 1 unspecified atom stereocenters. The normalized spacial score (nSPS) is 15.5. The van der Waals surface area contributed by atoms with E-state index in [1.165, 1.54) is 16.3 Å². The minimum absolute atomic E-state index is 0.0794. The molecule has 1 saturated heterocycles. The first-order chi connectivity index (χ1) is 15.6. The fourth-order valence-corrected chi connectivity index (χ4v) is 4.65. The molecule has 2 amide bonds. The van der Waals surface area contributed by atoms with Crippen molar-refractivity contribution in [1.29, 1.82) is 0 Å². The highest BCUT2D eigenvalue weighted by molar-refractivity contribution is 5.84. The summed E-state index contributed by atoms with van der Waals surface area (Å²) in [5, 5.41) is 5.62. The molecule has 32 heavy (non-hydrogen) atoms. The average molecular weight is 429 g/mol. The van der Waals surface area contributed by atoms with E-state index < -0.39 is 0 Å². The Morgan fingerprint density at radius 2 is 1.62 bits per heavy atom. The smallest absolute Gasteiger partial charge is 0.230 e. The number of nitrogens with zero attached hydrogens (tertiary/aromatic N) is 1. The highest BCUT2D eigenvalue weighted by Gasteiger charge is 2.28. The third-order valence-corrected chi connectivity index (χ3v) is 6.53. The van der Waals surface area contributed by atoms with Crippen LogP contribution in [0.1, 0.15) is 49.7 Å². The topological polar surface area (TPSA) is 49.4 Å².